The molecule has 0 bridgehead atoms. The fourth-order valence-electron chi connectivity index (χ4n) is 10.6. The Morgan fingerprint density at radius 3 is 2.26 bits per heavy atom. The number of allylic oxidation sites excluding steroid dienone is 2. The number of hydrogen-bond acceptors (Lipinski definition) is 4. The average molecular weight is 495 g/mol. The summed E-state index contributed by atoms with van der Waals surface area (Å²) < 4.78 is 0. The van der Waals surface area contributed by atoms with Crippen LogP contribution in [0.25, 0.3) is 0 Å². The first-order valence-electron chi connectivity index (χ1n) is 13.9. The number of rotatable bonds is 2. The monoisotopic (exact) mass is 494 g/mol. The van der Waals surface area contributed by atoms with Crippen LogP contribution >= 0.6 is 0 Å². The topological polar surface area (TPSA) is 80.6 Å². The zero-order chi connectivity index (χ0) is 24.9. The molecule has 192 valence electrons. The molecule has 5 aliphatic carbocycles. The summed E-state index contributed by atoms with van der Waals surface area (Å²) in [7, 11) is 0. The summed E-state index contributed by atoms with van der Waals surface area (Å²) in [6.07, 6.45) is 11.2. The van der Waals surface area contributed by atoms with Gasteiger partial charge in [-0.15, -0.1) is 0 Å². The number of carbonyl (C=O) groups is 1. The summed E-state index contributed by atoms with van der Waals surface area (Å²) in [5.74, 6) is 0.0564. The number of aliphatic hydroxyl groups excluding tert-OH is 2. The molecular formula is C30H47NaO4. The van der Waals surface area contributed by atoms with E-state index in [1.807, 2.05) is 0 Å². The Bertz CT molecular complexity index is 914. The molecule has 0 amide bonds. The van der Waals surface area contributed by atoms with E-state index in [1.54, 1.807) is 0 Å². The maximum Gasteiger partial charge on any atom is 1.00 e. The van der Waals surface area contributed by atoms with Gasteiger partial charge in [-0.1, -0.05) is 53.2 Å². The second-order valence-corrected chi connectivity index (χ2v) is 14.9. The molecule has 0 aliphatic heterocycles. The molecule has 2 N–H and O–H groups in total. The summed E-state index contributed by atoms with van der Waals surface area (Å²) >= 11 is 0. The molecule has 0 aromatic rings. The van der Waals surface area contributed by atoms with Gasteiger partial charge in [-0.25, -0.2) is 0 Å². The van der Waals surface area contributed by atoms with Crippen LogP contribution in [0.5, 0.6) is 0 Å². The summed E-state index contributed by atoms with van der Waals surface area (Å²) in [5, 5.41) is 34.0. The van der Waals surface area contributed by atoms with Crippen LogP contribution in [-0.2, 0) is 4.79 Å². The van der Waals surface area contributed by atoms with Gasteiger partial charge in [0.2, 0.25) is 0 Å². The predicted octanol–water partition coefficient (Wildman–Crippen LogP) is 1.88. The third kappa shape index (κ3) is 3.51. The van der Waals surface area contributed by atoms with Crippen LogP contribution in [0.3, 0.4) is 0 Å². The molecule has 5 aliphatic rings. The van der Waals surface area contributed by atoms with Crippen LogP contribution in [0.2, 0.25) is 0 Å². The SMILES string of the molecule is CC1(C)CC[C@]2(C(=O)[O-])CC[C@]3(C)C(=CCC4[C@@]5(C)CC[C@H](O)[C@@](C)(CO)C5CC[C@]43C)C2C1.[Na+]. The Balaban J connectivity index is 0.00000289. The third-order valence-electron chi connectivity index (χ3n) is 13.2. The van der Waals surface area contributed by atoms with E-state index in [2.05, 4.69) is 47.6 Å². The van der Waals surface area contributed by atoms with Gasteiger partial charge in [0.05, 0.1) is 12.7 Å². The molecule has 0 aromatic heterocycles. The molecule has 3 unspecified atom stereocenters. The van der Waals surface area contributed by atoms with Crippen LogP contribution < -0.4 is 34.7 Å². The van der Waals surface area contributed by atoms with Gasteiger partial charge in [-0.2, -0.15) is 0 Å². The first kappa shape index (κ1) is 28.1. The normalized spacial score (nSPS) is 52.5. The number of carboxylic acid groups (broad SMARTS) is 1. The molecule has 4 fully saturated rings. The second-order valence-electron chi connectivity index (χ2n) is 14.9. The van der Waals surface area contributed by atoms with Crippen molar-refractivity contribution in [2.45, 2.75) is 112 Å². The van der Waals surface area contributed by atoms with E-state index in [0.717, 1.165) is 64.2 Å². The number of hydrogen-bond donors (Lipinski definition) is 2. The molecular weight excluding hydrogens is 447 g/mol. The van der Waals surface area contributed by atoms with Crippen LogP contribution in [0.1, 0.15) is 106 Å². The van der Waals surface area contributed by atoms with E-state index in [0.29, 0.717) is 11.8 Å². The van der Waals surface area contributed by atoms with E-state index >= 15 is 0 Å². The molecule has 0 radical (unpaired) electrons. The second kappa shape index (κ2) is 8.57. The molecule has 5 heteroatoms. The van der Waals surface area contributed by atoms with E-state index in [9.17, 15) is 20.1 Å². The van der Waals surface area contributed by atoms with E-state index in [4.69, 9.17) is 0 Å². The van der Waals surface area contributed by atoms with Crippen molar-refractivity contribution in [3.05, 3.63) is 11.6 Å². The standard InChI is InChI=1S/C30H48O4.Na/c1-25(2)13-15-30(24(33)34)16-14-28(5)19(20(30)17-25)7-8-22-26(3)11-10-23(32)27(4,18-31)21(26)9-12-29(22,28)6;/h7,20-23,31-32H,8-18H2,1-6H3,(H,33,34);/q;+1/p-1/t20?,21?,22?,23-,26-,27-,28+,29+,30-;/m0./s1. The zero-order valence-electron chi connectivity index (χ0n) is 23.4. The first-order chi connectivity index (χ1) is 15.7. The van der Waals surface area contributed by atoms with Crippen LogP contribution in [0.4, 0.5) is 0 Å². The fraction of sp³-hybridized carbons (Fsp3) is 0.900. The summed E-state index contributed by atoms with van der Waals surface area (Å²) in [6.45, 7) is 14.2. The van der Waals surface area contributed by atoms with Gasteiger partial charge in [-0.3, -0.25) is 0 Å². The van der Waals surface area contributed by atoms with Crippen molar-refractivity contribution in [2.75, 3.05) is 6.61 Å². The van der Waals surface area contributed by atoms with Crippen molar-refractivity contribution in [3.63, 3.8) is 0 Å². The third-order valence-corrected chi connectivity index (χ3v) is 13.2. The van der Waals surface area contributed by atoms with Crippen molar-refractivity contribution in [3.8, 4) is 0 Å². The van der Waals surface area contributed by atoms with Gasteiger partial charge in [0.15, 0.2) is 0 Å². The fourth-order valence-corrected chi connectivity index (χ4v) is 10.6. The summed E-state index contributed by atoms with van der Waals surface area (Å²) in [4.78, 5) is 12.7. The Hall–Kier alpha value is 0.130. The number of aliphatic hydroxyl groups is 2. The minimum Gasteiger partial charge on any atom is -0.550 e. The number of fused-ring (bicyclic) bond motifs is 7. The summed E-state index contributed by atoms with van der Waals surface area (Å²) in [5.41, 5.74) is 0.611. The van der Waals surface area contributed by atoms with Crippen molar-refractivity contribution in [1.82, 2.24) is 0 Å². The largest absolute Gasteiger partial charge is 1.00 e. The van der Waals surface area contributed by atoms with Crippen LogP contribution in [0, 0.1) is 50.2 Å². The number of carbonyl (C=O) groups excluding carboxylic acids is 1. The Morgan fingerprint density at radius 2 is 1.63 bits per heavy atom. The van der Waals surface area contributed by atoms with Crippen molar-refractivity contribution in [1.29, 1.82) is 0 Å². The Morgan fingerprint density at radius 1 is 0.971 bits per heavy atom. The van der Waals surface area contributed by atoms with E-state index in [-0.39, 0.29) is 63.7 Å². The van der Waals surface area contributed by atoms with Gasteiger partial charge in [0.25, 0.3) is 0 Å². The quantitative estimate of drug-likeness (QED) is 0.454. The molecule has 4 nitrogen and oxygen atoms in total. The minimum absolute atomic E-state index is 0. The van der Waals surface area contributed by atoms with Crippen molar-refractivity contribution < 1.29 is 49.7 Å². The van der Waals surface area contributed by atoms with Gasteiger partial charge >= 0.3 is 29.6 Å². The summed E-state index contributed by atoms with van der Waals surface area (Å²) in [6, 6.07) is 0. The molecule has 0 spiro atoms. The molecule has 4 saturated carbocycles. The van der Waals surface area contributed by atoms with Crippen molar-refractivity contribution in [2.24, 2.45) is 50.2 Å². The number of carboxylic acids is 1. The Kier molecular flexibility index (Phi) is 6.89. The average Bonchev–Trinajstić information content (AvgIpc) is 2.76. The number of aliphatic carboxylic acids is 1. The van der Waals surface area contributed by atoms with Crippen LogP contribution in [0.15, 0.2) is 11.6 Å². The van der Waals surface area contributed by atoms with Gasteiger partial charge in [0.1, 0.15) is 0 Å². The van der Waals surface area contributed by atoms with Gasteiger partial charge in [0, 0.05) is 16.8 Å². The molecule has 0 saturated heterocycles. The van der Waals surface area contributed by atoms with Gasteiger partial charge in [-0.05, 0) is 104 Å². The Labute approximate surface area is 235 Å². The molecule has 35 heavy (non-hydrogen) atoms. The van der Waals surface area contributed by atoms with Crippen LogP contribution in [-0.4, -0.2) is 28.9 Å². The van der Waals surface area contributed by atoms with E-state index in [1.165, 1.54) is 5.57 Å². The minimum atomic E-state index is -0.820. The smallest absolute Gasteiger partial charge is 0.550 e. The molecule has 0 aromatic carbocycles. The predicted molar refractivity (Wildman–Crippen MR) is 131 cm³/mol. The van der Waals surface area contributed by atoms with Crippen molar-refractivity contribution >= 4 is 5.97 Å². The van der Waals surface area contributed by atoms with Gasteiger partial charge < -0.3 is 20.1 Å². The maximum atomic E-state index is 12.7. The maximum absolute atomic E-state index is 12.7. The molecule has 9 atom stereocenters. The first-order valence-corrected chi connectivity index (χ1v) is 13.9. The molecule has 5 rings (SSSR count). The zero-order valence-corrected chi connectivity index (χ0v) is 25.4. The van der Waals surface area contributed by atoms with E-state index < -0.39 is 22.9 Å². The molecule has 0 heterocycles.